The first-order valence-electron chi connectivity index (χ1n) is 13.7. The van der Waals surface area contributed by atoms with Gasteiger partial charge in [0.1, 0.15) is 11.6 Å². The number of halogens is 1. The van der Waals surface area contributed by atoms with Crippen molar-refractivity contribution in [1.29, 1.82) is 0 Å². The molecule has 43 heavy (non-hydrogen) atoms. The van der Waals surface area contributed by atoms with Crippen LogP contribution in [0.4, 0.5) is 20.6 Å². The minimum absolute atomic E-state index is 0.173. The van der Waals surface area contributed by atoms with Crippen LogP contribution in [0.2, 0.25) is 0 Å². The van der Waals surface area contributed by atoms with Crippen LogP contribution >= 0.6 is 0 Å². The topological polar surface area (TPSA) is 138 Å². The normalized spacial score (nSPS) is 13.8. The number of methoxy groups -OCH3 is 1. The maximum Gasteiger partial charge on any atom is 0.409 e. The number of benzene rings is 3. The third-order valence-electron chi connectivity index (χ3n) is 6.87. The van der Waals surface area contributed by atoms with Gasteiger partial charge in [-0.1, -0.05) is 30.3 Å². The van der Waals surface area contributed by atoms with Crippen LogP contribution in [0.15, 0.2) is 72.8 Å². The van der Waals surface area contributed by atoms with Crippen molar-refractivity contribution in [2.45, 2.75) is 18.9 Å². The number of aliphatic carboxylic acids is 1. The van der Waals surface area contributed by atoms with E-state index in [-0.39, 0.29) is 12.2 Å². The first-order chi connectivity index (χ1) is 20.7. The molecule has 226 valence electrons. The van der Waals surface area contributed by atoms with Crippen molar-refractivity contribution in [3.05, 3.63) is 89.7 Å². The Labute approximate surface area is 248 Å². The second kappa shape index (κ2) is 14.7. The molecule has 0 spiro atoms. The fourth-order valence-electron chi connectivity index (χ4n) is 4.74. The van der Waals surface area contributed by atoms with Crippen molar-refractivity contribution in [3.8, 4) is 5.75 Å². The second-order valence-electron chi connectivity index (χ2n) is 9.85. The molecular formula is C31H33FN4O7. The maximum absolute atomic E-state index is 13.5. The van der Waals surface area contributed by atoms with Crippen LogP contribution in [0, 0.1) is 5.82 Å². The van der Waals surface area contributed by atoms with Gasteiger partial charge in [-0.3, -0.25) is 14.4 Å². The van der Waals surface area contributed by atoms with Crippen molar-refractivity contribution in [2.75, 3.05) is 50.1 Å². The number of ether oxygens (including phenoxy) is 2. The Morgan fingerprint density at radius 3 is 2.40 bits per heavy atom. The zero-order chi connectivity index (χ0) is 30.8. The summed E-state index contributed by atoms with van der Waals surface area (Å²) in [6.07, 6.45) is -0.186. The average Bonchev–Trinajstić information content (AvgIpc) is 3.26. The highest BCUT2D eigenvalue weighted by Gasteiger charge is 2.24. The lowest BCUT2D eigenvalue weighted by atomic mass is 10.0. The third kappa shape index (κ3) is 8.68. The molecule has 3 aromatic carbocycles. The number of para-hydroxylation sites is 1. The molecule has 12 heteroatoms. The van der Waals surface area contributed by atoms with Gasteiger partial charge in [-0.05, 0) is 54.4 Å². The van der Waals surface area contributed by atoms with Crippen molar-refractivity contribution in [2.24, 2.45) is 0 Å². The summed E-state index contributed by atoms with van der Waals surface area (Å²) in [5, 5.41) is 15.0. The smallest absolute Gasteiger partial charge is 0.409 e. The predicted molar refractivity (Wildman–Crippen MR) is 157 cm³/mol. The summed E-state index contributed by atoms with van der Waals surface area (Å²) in [4.78, 5) is 53.5. The Morgan fingerprint density at radius 2 is 1.70 bits per heavy atom. The summed E-state index contributed by atoms with van der Waals surface area (Å²) in [6, 6.07) is 17.9. The number of hydrogen-bond acceptors (Lipinski definition) is 7. The average molecular weight is 593 g/mol. The lowest BCUT2D eigenvalue weighted by Gasteiger charge is -2.26. The van der Waals surface area contributed by atoms with Gasteiger partial charge in [0, 0.05) is 31.7 Å². The summed E-state index contributed by atoms with van der Waals surface area (Å²) in [6.45, 7) is 1.66. The summed E-state index contributed by atoms with van der Waals surface area (Å²) >= 11 is 0. The fourth-order valence-corrected chi connectivity index (χ4v) is 4.74. The van der Waals surface area contributed by atoms with E-state index in [4.69, 9.17) is 9.47 Å². The minimum Gasteiger partial charge on any atom is -0.484 e. The monoisotopic (exact) mass is 592 g/mol. The first kappa shape index (κ1) is 30.8. The number of amides is 3. The number of hydrogen-bond donors (Lipinski definition) is 3. The molecule has 1 unspecified atom stereocenters. The van der Waals surface area contributed by atoms with Gasteiger partial charge in [-0.25, -0.2) is 9.18 Å². The number of carbonyl (C=O) groups excluding carboxylic acids is 3. The fraction of sp³-hybridized carbons (Fsp3) is 0.290. The van der Waals surface area contributed by atoms with E-state index in [2.05, 4.69) is 10.6 Å². The lowest BCUT2D eigenvalue weighted by molar-refractivity contribution is -0.137. The van der Waals surface area contributed by atoms with Gasteiger partial charge in [-0.2, -0.15) is 0 Å². The van der Waals surface area contributed by atoms with Crippen LogP contribution in [0.5, 0.6) is 5.75 Å². The van der Waals surface area contributed by atoms with E-state index in [0.717, 1.165) is 0 Å². The molecule has 1 fully saturated rings. The quantitative estimate of drug-likeness (QED) is 0.321. The number of rotatable bonds is 10. The van der Waals surface area contributed by atoms with Gasteiger partial charge in [0.05, 0.1) is 30.9 Å². The van der Waals surface area contributed by atoms with E-state index in [1.165, 1.54) is 37.4 Å². The van der Waals surface area contributed by atoms with Crippen molar-refractivity contribution >= 4 is 35.3 Å². The lowest BCUT2D eigenvalue weighted by Crippen LogP contribution is -2.35. The molecule has 11 nitrogen and oxygen atoms in total. The Balaban J connectivity index is 1.57. The Hall–Kier alpha value is -5.13. The van der Waals surface area contributed by atoms with E-state index in [0.29, 0.717) is 55.3 Å². The number of nitrogens with one attached hydrogen (secondary N) is 2. The Bertz CT molecular complexity index is 1440. The van der Waals surface area contributed by atoms with Crippen LogP contribution < -0.4 is 20.3 Å². The minimum atomic E-state index is -1.14. The molecule has 1 aliphatic heterocycles. The molecule has 4 rings (SSSR count). The van der Waals surface area contributed by atoms with Crippen molar-refractivity contribution < 1.29 is 38.1 Å². The Kier molecular flexibility index (Phi) is 10.5. The molecule has 0 radical (unpaired) electrons. The maximum atomic E-state index is 13.5. The number of nitrogens with zero attached hydrogens (tertiary/aromatic N) is 2. The zero-order valence-electron chi connectivity index (χ0n) is 23.6. The molecule has 1 heterocycles. The molecule has 1 saturated heterocycles. The van der Waals surface area contributed by atoms with Crippen LogP contribution in [0.25, 0.3) is 0 Å². The van der Waals surface area contributed by atoms with E-state index in [1.807, 2.05) is 11.0 Å². The van der Waals surface area contributed by atoms with Crippen molar-refractivity contribution in [1.82, 2.24) is 10.2 Å². The molecule has 0 aliphatic carbocycles. The van der Waals surface area contributed by atoms with E-state index in [9.17, 15) is 28.7 Å². The Morgan fingerprint density at radius 1 is 0.953 bits per heavy atom. The van der Waals surface area contributed by atoms with Gasteiger partial charge in [0.25, 0.3) is 11.8 Å². The van der Waals surface area contributed by atoms with Gasteiger partial charge >= 0.3 is 12.1 Å². The van der Waals surface area contributed by atoms with Crippen LogP contribution in [0.3, 0.4) is 0 Å². The highest BCUT2D eigenvalue weighted by atomic mass is 19.1. The van der Waals surface area contributed by atoms with Crippen LogP contribution in [-0.4, -0.2) is 73.8 Å². The van der Waals surface area contributed by atoms with Gasteiger partial charge < -0.3 is 35.0 Å². The zero-order valence-corrected chi connectivity index (χ0v) is 23.6. The molecule has 3 amide bonds. The number of carboxylic acid groups (broad SMARTS) is 1. The number of carboxylic acids is 1. The standard InChI is InChI=1S/C31H33FN4O7/c1-42-31(41)36-15-5-14-35(16-17-36)27-13-10-22(18-26(27)33-28(37)20-43-24-6-3-2-4-7-24)30(40)34-25(19-29(38)39)21-8-11-23(32)12-9-21/h2-4,6-13,18,25H,5,14-17,19-20H2,1H3,(H,33,37)(H,34,40)(H,38,39). The third-order valence-corrected chi connectivity index (χ3v) is 6.87. The highest BCUT2D eigenvalue weighted by Crippen LogP contribution is 2.29. The van der Waals surface area contributed by atoms with Crippen LogP contribution in [-0.2, 0) is 14.3 Å². The molecule has 1 aliphatic rings. The highest BCUT2D eigenvalue weighted by molar-refractivity contribution is 6.00. The predicted octanol–water partition coefficient (Wildman–Crippen LogP) is 4.07. The number of anilines is 2. The summed E-state index contributed by atoms with van der Waals surface area (Å²) < 4.78 is 23.9. The molecule has 3 aromatic rings. The molecule has 0 aromatic heterocycles. The number of carbonyl (C=O) groups is 4. The van der Waals surface area contributed by atoms with Crippen molar-refractivity contribution in [3.63, 3.8) is 0 Å². The summed E-state index contributed by atoms with van der Waals surface area (Å²) in [5.74, 6) is -2.14. The molecule has 0 saturated carbocycles. The largest absolute Gasteiger partial charge is 0.484 e. The van der Waals surface area contributed by atoms with Gasteiger partial charge in [0.15, 0.2) is 6.61 Å². The van der Waals surface area contributed by atoms with Gasteiger partial charge in [0.2, 0.25) is 0 Å². The SMILES string of the molecule is COC(=O)N1CCCN(c2ccc(C(=O)NC(CC(=O)O)c3ccc(F)cc3)cc2NC(=O)COc2ccccc2)CC1. The summed E-state index contributed by atoms with van der Waals surface area (Å²) in [7, 11) is 1.33. The van der Waals surface area contributed by atoms with E-state index < -0.39 is 42.2 Å². The molecular weight excluding hydrogens is 559 g/mol. The first-order valence-corrected chi connectivity index (χ1v) is 13.7. The van der Waals surface area contributed by atoms with E-state index in [1.54, 1.807) is 41.3 Å². The molecule has 0 bridgehead atoms. The second-order valence-corrected chi connectivity index (χ2v) is 9.85. The van der Waals surface area contributed by atoms with Gasteiger partial charge in [-0.15, -0.1) is 0 Å². The van der Waals surface area contributed by atoms with E-state index >= 15 is 0 Å². The van der Waals surface area contributed by atoms with Crippen LogP contribution in [0.1, 0.15) is 34.8 Å². The molecule has 3 N–H and O–H groups in total. The summed E-state index contributed by atoms with van der Waals surface area (Å²) in [5.41, 5.74) is 1.58. The molecule has 1 atom stereocenters.